The smallest absolute Gasteiger partial charge is 0.335 e. The van der Waals surface area contributed by atoms with Gasteiger partial charge in [-0.2, -0.15) is 5.10 Å². The number of carboxylic acid groups (broad SMARTS) is 1. The van der Waals surface area contributed by atoms with E-state index in [0.717, 1.165) is 4.70 Å². The summed E-state index contributed by atoms with van der Waals surface area (Å²) in [5.41, 5.74) is 3.77. The summed E-state index contributed by atoms with van der Waals surface area (Å²) < 4.78 is 6.45. The summed E-state index contributed by atoms with van der Waals surface area (Å²) in [5.74, 6) is -0.630. The zero-order chi connectivity index (χ0) is 22.8. The molecule has 0 aliphatic carbocycles. The summed E-state index contributed by atoms with van der Waals surface area (Å²) in [6, 6.07) is 14.2. The van der Waals surface area contributed by atoms with Crippen LogP contribution in [0.1, 0.15) is 31.4 Å². The number of non-ortho nitro benzene ring substituents is 1. The number of nitro groups is 1. The first-order valence-electron chi connectivity index (χ1n) is 9.28. The molecule has 0 spiro atoms. The number of rotatable bonds is 6. The lowest BCUT2D eigenvalue weighted by molar-refractivity contribution is -0.384. The average molecular weight is 449 g/mol. The highest BCUT2D eigenvalue weighted by atomic mass is 32.1. The second kappa shape index (κ2) is 8.44. The van der Waals surface area contributed by atoms with Crippen molar-refractivity contribution in [3.8, 4) is 11.3 Å². The van der Waals surface area contributed by atoms with E-state index >= 15 is 0 Å². The lowest BCUT2D eigenvalue weighted by atomic mass is 10.0. The van der Waals surface area contributed by atoms with Crippen LogP contribution in [0.2, 0.25) is 0 Å². The first-order chi connectivity index (χ1) is 15.3. The SMILES string of the molecule is Cc1c(C(=O)O)cccc1-c1ccc(/C=N\NC(=O)c2cc3cc([N+](=O)[O-])ccc3s2)o1. The number of carboxylic acids is 1. The summed E-state index contributed by atoms with van der Waals surface area (Å²) in [6.07, 6.45) is 1.33. The zero-order valence-electron chi connectivity index (χ0n) is 16.6. The third kappa shape index (κ3) is 4.12. The maximum Gasteiger partial charge on any atom is 0.335 e. The van der Waals surface area contributed by atoms with Crippen molar-refractivity contribution in [1.29, 1.82) is 0 Å². The molecule has 1 amide bonds. The molecule has 0 aliphatic rings. The highest BCUT2D eigenvalue weighted by molar-refractivity contribution is 7.20. The van der Waals surface area contributed by atoms with Gasteiger partial charge in [0.25, 0.3) is 11.6 Å². The van der Waals surface area contributed by atoms with Gasteiger partial charge in [0.1, 0.15) is 11.5 Å². The van der Waals surface area contributed by atoms with Gasteiger partial charge in [0.2, 0.25) is 0 Å². The van der Waals surface area contributed by atoms with Crippen LogP contribution in [0.15, 0.2) is 64.1 Å². The number of aromatic carboxylic acids is 1. The number of nitro benzene ring substituents is 1. The normalized spacial score (nSPS) is 11.2. The average Bonchev–Trinajstić information content (AvgIpc) is 3.40. The Morgan fingerprint density at radius 3 is 2.75 bits per heavy atom. The van der Waals surface area contributed by atoms with Gasteiger partial charge in [-0.25, -0.2) is 10.2 Å². The highest BCUT2D eigenvalue weighted by Gasteiger charge is 2.15. The van der Waals surface area contributed by atoms with Crippen LogP contribution in [0.5, 0.6) is 0 Å². The van der Waals surface area contributed by atoms with E-state index in [1.807, 2.05) is 0 Å². The second-order valence-corrected chi connectivity index (χ2v) is 7.86. The number of thiophene rings is 1. The molecule has 2 heterocycles. The van der Waals surface area contributed by atoms with Gasteiger partial charge in [-0.1, -0.05) is 12.1 Å². The Kier molecular flexibility index (Phi) is 5.52. The Bertz CT molecular complexity index is 1400. The Labute approximate surface area is 184 Å². The molecule has 2 aromatic carbocycles. The van der Waals surface area contributed by atoms with Crippen LogP contribution in [0.4, 0.5) is 5.69 Å². The molecule has 0 saturated heterocycles. The minimum Gasteiger partial charge on any atom is -0.478 e. The Balaban J connectivity index is 1.47. The van der Waals surface area contributed by atoms with Gasteiger partial charge in [-0.05, 0) is 42.8 Å². The molecule has 0 fully saturated rings. The largest absolute Gasteiger partial charge is 0.478 e. The lowest BCUT2D eigenvalue weighted by Gasteiger charge is -2.05. The minimum absolute atomic E-state index is 0.0435. The van der Waals surface area contributed by atoms with Crippen LogP contribution in [0.25, 0.3) is 21.4 Å². The van der Waals surface area contributed by atoms with E-state index in [1.165, 1.54) is 35.8 Å². The molecular formula is C22H15N3O6S. The van der Waals surface area contributed by atoms with Crippen LogP contribution in [0.3, 0.4) is 0 Å². The summed E-state index contributed by atoms with van der Waals surface area (Å²) in [6.45, 7) is 1.70. The van der Waals surface area contributed by atoms with Crippen molar-refractivity contribution in [2.45, 2.75) is 6.92 Å². The van der Waals surface area contributed by atoms with E-state index in [2.05, 4.69) is 10.5 Å². The number of hydrogen-bond donors (Lipinski definition) is 2. The van der Waals surface area contributed by atoms with E-state index < -0.39 is 16.8 Å². The molecule has 10 heteroatoms. The molecule has 4 aromatic rings. The fourth-order valence-corrected chi connectivity index (χ4v) is 4.10. The summed E-state index contributed by atoms with van der Waals surface area (Å²) in [4.78, 5) is 34.4. The monoisotopic (exact) mass is 449 g/mol. The minimum atomic E-state index is -1.02. The van der Waals surface area contributed by atoms with Crippen LogP contribution in [-0.4, -0.2) is 28.1 Å². The maximum atomic E-state index is 12.4. The summed E-state index contributed by atoms with van der Waals surface area (Å²) >= 11 is 1.20. The third-order valence-electron chi connectivity index (χ3n) is 4.75. The molecule has 9 nitrogen and oxygen atoms in total. The summed E-state index contributed by atoms with van der Waals surface area (Å²) in [5, 5.41) is 24.7. The number of amides is 1. The Morgan fingerprint density at radius 1 is 1.19 bits per heavy atom. The van der Waals surface area contributed by atoms with E-state index in [0.29, 0.717) is 32.9 Å². The molecule has 0 aliphatic heterocycles. The van der Waals surface area contributed by atoms with E-state index in [4.69, 9.17) is 4.42 Å². The van der Waals surface area contributed by atoms with E-state index in [1.54, 1.807) is 43.3 Å². The zero-order valence-corrected chi connectivity index (χ0v) is 17.4. The number of furan rings is 1. The van der Waals surface area contributed by atoms with Gasteiger partial charge in [0, 0.05) is 27.8 Å². The molecule has 0 radical (unpaired) electrons. The predicted molar refractivity (Wildman–Crippen MR) is 119 cm³/mol. The highest BCUT2D eigenvalue weighted by Crippen LogP contribution is 2.29. The van der Waals surface area contributed by atoms with Crippen molar-refractivity contribution in [3.05, 3.63) is 86.5 Å². The fraction of sp³-hybridized carbons (Fsp3) is 0.0455. The van der Waals surface area contributed by atoms with Crippen LogP contribution < -0.4 is 5.43 Å². The van der Waals surface area contributed by atoms with Crippen LogP contribution in [0, 0.1) is 17.0 Å². The fourth-order valence-electron chi connectivity index (χ4n) is 3.17. The van der Waals surface area contributed by atoms with Crippen molar-refractivity contribution >= 4 is 45.2 Å². The standard InChI is InChI=1S/C22H15N3O6S/c1-12-16(3-2-4-17(12)22(27)28)18-7-6-15(31-18)11-23-24-21(26)20-10-13-9-14(25(29)30)5-8-19(13)32-20/h2-11H,1H3,(H,24,26)(H,27,28)/b23-11-. The molecule has 32 heavy (non-hydrogen) atoms. The number of fused-ring (bicyclic) bond motifs is 1. The molecule has 2 N–H and O–H groups in total. The lowest BCUT2D eigenvalue weighted by Crippen LogP contribution is -2.15. The summed E-state index contributed by atoms with van der Waals surface area (Å²) in [7, 11) is 0. The van der Waals surface area contributed by atoms with Gasteiger partial charge in [-0.3, -0.25) is 14.9 Å². The first kappa shape index (κ1) is 20.9. The van der Waals surface area contributed by atoms with Gasteiger partial charge >= 0.3 is 5.97 Å². The topological polar surface area (TPSA) is 135 Å². The molecule has 0 atom stereocenters. The Morgan fingerprint density at radius 2 is 2.00 bits per heavy atom. The number of carbonyl (C=O) groups is 2. The first-order valence-corrected chi connectivity index (χ1v) is 10.1. The molecule has 160 valence electrons. The van der Waals surface area contributed by atoms with Gasteiger partial charge in [0.05, 0.1) is 21.6 Å². The number of nitrogens with one attached hydrogen (secondary N) is 1. The molecule has 2 aromatic heterocycles. The molecular weight excluding hydrogens is 434 g/mol. The second-order valence-electron chi connectivity index (χ2n) is 6.77. The van der Waals surface area contributed by atoms with Gasteiger partial charge in [0.15, 0.2) is 0 Å². The van der Waals surface area contributed by atoms with Crippen molar-refractivity contribution in [3.63, 3.8) is 0 Å². The third-order valence-corrected chi connectivity index (χ3v) is 5.86. The number of carbonyl (C=O) groups excluding carboxylic acids is 1. The maximum absolute atomic E-state index is 12.4. The molecule has 0 saturated carbocycles. The van der Waals surface area contributed by atoms with Crippen molar-refractivity contribution < 1.29 is 24.0 Å². The number of hydrazone groups is 1. The van der Waals surface area contributed by atoms with Crippen LogP contribution >= 0.6 is 11.3 Å². The number of benzene rings is 2. The number of hydrogen-bond acceptors (Lipinski definition) is 7. The Hall–Kier alpha value is -4.31. The van der Waals surface area contributed by atoms with E-state index in [9.17, 15) is 24.8 Å². The van der Waals surface area contributed by atoms with Crippen molar-refractivity contribution in [2.24, 2.45) is 5.10 Å². The molecule has 0 bridgehead atoms. The molecule has 0 unspecified atom stereocenters. The van der Waals surface area contributed by atoms with Crippen molar-refractivity contribution in [2.75, 3.05) is 0 Å². The van der Waals surface area contributed by atoms with Gasteiger partial charge < -0.3 is 9.52 Å². The van der Waals surface area contributed by atoms with Gasteiger partial charge in [-0.15, -0.1) is 11.3 Å². The van der Waals surface area contributed by atoms with Crippen molar-refractivity contribution in [1.82, 2.24) is 5.43 Å². The van der Waals surface area contributed by atoms with E-state index in [-0.39, 0.29) is 11.3 Å². The predicted octanol–water partition coefficient (Wildman–Crippen LogP) is 4.84. The van der Waals surface area contributed by atoms with Crippen LogP contribution in [-0.2, 0) is 0 Å². The number of nitrogens with zero attached hydrogens (tertiary/aromatic N) is 2. The molecule has 4 rings (SSSR count). The quantitative estimate of drug-likeness (QED) is 0.246.